The minimum atomic E-state index is -0.344. The predicted molar refractivity (Wildman–Crippen MR) is 58.6 cm³/mol. The van der Waals surface area contributed by atoms with E-state index >= 15 is 0 Å². The molecule has 0 saturated carbocycles. The summed E-state index contributed by atoms with van der Waals surface area (Å²) in [6, 6.07) is 3.88. The first kappa shape index (κ1) is 9.99. The van der Waals surface area contributed by atoms with Gasteiger partial charge in [0.15, 0.2) is 0 Å². The third kappa shape index (κ3) is 1.55. The first-order chi connectivity index (χ1) is 6.74. The Balaban J connectivity index is 2.57. The molecule has 0 aromatic heterocycles. The first-order valence-electron chi connectivity index (χ1n) is 4.77. The molecule has 76 valence electrons. The van der Waals surface area contributed by atoms with Crippen LogP contribution in [0.4, 0.5) is 0 Å². The molecule has 14 heavy (non-hydrogen) atoms. The standard InChI is InChI=1S/C11H13BrO2/c1-14-10-6-5-8(12)11-7(10)3-2-4-9(11)13/h5-6,9,13H,2-4H2,1H3/t9-/m1/s1. The highest BCUT2D eigenvalue weighted by molar-refractivity contribution is 9.10. The largest absolute Gasteiger partial charge is 0.496 e. The maximum atomic E-state index is 9.88. The maximum absolute atomic E-state index is 9.88. The van der Waals surface area contributed by atoms with E-state index in [1.807, 2.05) is 12.1 Å². The van der Waals surface area contributed by atoms with Gasteiger partial charge < -0.3 is 9.84 Å². The van der Waals surface area contributed by atoms with E-state index in [0.717, 1.165) is 40.6 Å². The van der Waals surface area contributed by atoms with E-state index in [4.69, 9.17) is 4.74 Å². The van der Waals surface area contributed by atoms with Gasteiger partial charge in [-0.15, -0.1) is 0 Å². The van der Waals surface area contributed by atoms with Crippen LogP contribution in [0.2, 0.25) is 0 Å². The van der Waals surface area contributed by atoms with Crippen LogP contribution in [0.5, 0.6) is 5.75 Å². The Morgan fingerprint density at radius 2 is 2.29 bits per heavy atom. The van der Waals surface area contributed by atoms with Gasteiger partial charge in [0.25, 0.3) is 0 Å². The lowest BCUT2D eigenvalue weighted by atomic mass is 9.89. The van der Waals surface area contributed by atoms with Crippen molar-refractivity contribution < 1.29 is 9.84 Å². The van der Waals surface area contributed by atoms with E-state index < -0.39 is 0 Å². The van der Waals surface area contributed by atoms with Gasteiger partial charge in [-0.2, -0.15) is 0 Å². The molecule has 3 heteroatoms. The first-order valence-corrected chi connectivity index (χ1v) is 5.56. The second-order valence-electron chi connectivity index (χ2n) is 3.55. The molecule has 1 aliphatic rings. The Bertz CT molecular complexity index is 349. The topological polar surface area (TPSA) is 29.5 Å². The quantitative estimate of drug-likeness (QED) is 0.838. The number of fused-ring (bicyclic) bond motifs is 1. The minimum absolute atomic E-state index is 0.344. The summed E-state index contributed by atoms with van der Waals surface area (Å²) in [4.78, 5) is 0. The van der Waals surface area contributed by atoms with Crippen LogP contribution in [0.15, 0.2) is 16.6 Å². The molecule has 2 nitrogen and oxygen atoms in total. The highest BCUT2D eigenvalue weighted by Gasteiger charge is 2.23. The summed E-state index contributed by atoms with van der Waals surface area (Å²) in [6.07, 6.45) is 2.53. The van der Waals surface area contributed by atoms with Gasteiger partial charge in [-0.25, -0.2) is 0 Å². The van der Waals surface area contributed by atoms with E-state index in [-0.39, 0.29) is 6.10 Å². The zero-order chi connectivity index (χ0) is 10.1. The molecule has 2 rings (SSSR count). The number of methoxy groups -OCH3 is 1. The van der Waals surface area contributed by atoms with Crippen LogP contribution in [0.1, 0.15) is 30.1 Å². The second kappa shape index (κ2) is 3.91. The summed E-state index contributed by atoms with van der Waals surface area (Å²) in [5.41, 5.74) is 2.16. The highest BCUT2D eigenvalue weighted by Crippen LogP contribution is 2.39. The molecular formula is C11H13BrO2. The number of hydrogen-bond acceptors (Lipinski definition) is 2. The fourth-order valence-corrected chi connectivity index (χ4v) is 2.68. The van der Waals surface area contributed by atoms with Crippen molar-refractivity contribution in [2.75, 3.05) is 7.11 Å². The summed E-state index contributed by atoms with van der Waals surface area (Å²) in [5, 5.41) is 9.88. The lowest BCUT2D eigenvalue weighted by molar-refractivity contribution is 0.155. The Kier molecular flexibility index (Phi) is 2.79. The van der Waals surface area contributed by atoms with E-state index in [2.05, 4.69) is 15.9 Å². The Labute approximate surface area is 92.0 Å². The summed E-state index contributed by atoms with van der Waals surface area (Å²) in [5.74, 6) is 0.891. The molecule has 0 heterocycles. The van der Waals surface area contributed by atoms with Crippen molar-refractivity contribution in [3.05, 3.63) is 27.7 Å². The summed E-state index contributed by atoms with van der Waals surface area (Å²) in [7, 11) is 1.67. The molecule has 0 unspecified atom stereocenters. The number of rotatable bonds is 1. The Morgan fingerprint density at radius 1 is 1.50 bits per heavy atom. The smallest absolute Gasteiger partial charge is 0.122 e. The van der Waals surface area contributed by atoms with Crippen molar-refractivity contribution >= 4 is 15.9 Å². The minimum Gasteiger partial charge on any atom is -0.496 e. The Hall–Kier alpha value is -0.540. The lowest BCUT2D eigenvalue weighted by Gasteiger charge is -2.24. The SMILES string of the molecule is COc1ccc(Br)c2c1CCC[C@H]2O. The van der Waals surface area contributed by atoms with Gasteiger partial charge in [0.2, 0.25) is 0 Å². The number of hydrogen-bond donors (Lipinski definition) is 1. The molecule has 0 saturated heterocycles. The van der Waals surface area contributed by atoms with Crippen LogP contribution in [0, 0.1) is 0 Å². The lowest BCUT2D eigenvalue weighted by Crippen LogP contribution is -2.11. The molecule has 0 fully saturated rings. The fourth-order valence-electron chi connectivity index (χ4n) is 2.04. The van der Waals surface area contributed by atoms with Crippen LogP contribution >= 0.6 is 15.9 Å². The van der Waals surface area contributed by atoms with Crippen molar-refractivity contribution in [3.63, 3.8) is 0 Å². The van der Waals surface area contributed by atoms with Gasteiger partial charge in [-0.3, -0.25) is 0 Å². The number of halogens is 1. The second-order valence-corrected chi connectivity index (χ2v) is 4.40. The molecule has 0 spiro atoms. The maximum Gasteiger partial charge on any atom is 0.122 e. The van der Waals surface area contributed by atoms with E-state index in [1.165, 1.54) is 0 Å². The van der Waals surface area contributed by atoms with Crippen LogP contribution in [-0.4, -0.2) is 12.2 Å². The molecule has 0 aliphatic heterocycles. The van der Waals surface area contributed by atoms with Crippen molar-refractivity contribution in [1.29, 1.82) is 0 Å². The molecule has 0 amide bonds. The van der Waals surface area contributed by atoms with Crippen LogP contribution in [-0.2, 0) is 6.42 Å². The van der Waals surface area contributed by atoms with Gasteiger partial charge in [0.05, 0.1) is 13.2 Å². The highest BCUT2D eigenvalue weighted by atomic mass is 79.9. The zero-order valence-electron chi connectivity index (χ0n) is 8.09. The van der Waals surface area contributed by atoms with Gasteiger partial charge in [0, 0.05) is 15.6 Å². The third-order valence-corrected chi connectivity index (χ3v) is 3.41. The fraction of sp³-hybridized carbons (Fsp3) is 0.455. The number of aliphatic hydroxyl groups excluding tert-OH is 1. The molecule has 1 aromatic rings. The monoisotopic (exact) mass is 256 g/mol. The molecular weight excluding hydrogens is 244 g/mol. The average molecular weight is 257 g/mol. The van der Waals surface area contributed by atoms with Gasteiger partial charge in [-0.1, -0.05) is 15.9 Å². The van der Waals surface area contributed by atoms with Crippen molar-refractivity contribution in [2.45, 2.75) is 25.4 Å². The summed E-state index contributed by atoms with van der Waals surface area (Å²) >= 11 is 3.47. The van der Waals surface area contributed by atoms with Crippen molar-refractivity contribution in [2.24, 2.45) is 0 Å². The van der Waals surface area contributed by atoms with Crippen LogP contribution in [0.25, 0.3) is 0 Å². The molecule has 1 aromatic carbocycles. The van der Waals surface area contributed by atoms with E-state index in [9.17, 15) is 5.11 Å². The molecule has 1 aliphatic carbocycles. The number of benzene rings is 1. The van der Waals surface area contributed by atoms with E-state index in [0.29, 0.717) is 0 Å². The number of aliphatic hydroxyl groups is 1. The van der Waals surface area contributed by atoms with Crippen LogP contribution in [0.3, 0.4) is 0 Å². The number of ether oxygens (including phenoxy) is 1. The Morgan fingerprint density at radius 3 is 3.00 bits per heavy atom. The zero-order valence-corrected chi connectivity index (χ0v) is 9.67. The predicted octanol–water partition coefficient (Wildman–Crippen LogP) is 2.83. The average Bonchev–Trinajstić information content (AvgIpc) is 2.18. The van der Waals surface area contributed by atoms with E-state index in [1.54, 1.807) is 7.11 Å². The van der Waals surface area contributed by atoms with Gasteiger partial charge in [0.1, 0.15) is 5.75 Å². The van der Waals surface area contributed by atoms with Crippen LogP contribution < -0.4 is 4.74 Å². The molecule has 0 radical (unpaired) electrons. The molecule has 1 atom stereocenters. The van der Waals surface area contributed by atoms with Crippen molar-refractivity contribution in [3.8, 4) is 5.75 Å². The molecule has 0 bridgehead atoms. The normalized spacial score (nSPS) is 20.4. The summed E-state index contributed by atoms with van der Waals surface area (Å²) < 4.78 is 6.27. The van der Waals surface area contributed by atoms with Gasteiger partial charge in [-0.05, 0) is 31.4 Å². The van der Waals surface area contributed by atoms with Gasteiger partial charge >= 0.3 is 0 Å². The van der Waals surface area contributed by atoms with Crippen molar-refractivity contribution in [1.82, 2.24) is 0 Å². The third-order valence-electron chi connectivity index (χ3n) is 2.72. The molecule has 1 N–H and O–H groups in total. The summed E-state index contributed by atoms with van der Waals surface area (Å²) in [6.45, 7) is 0.